The first kappa shape index (κ1) is 16.1. The highest BCUT2D eigenvalue weighted by atomic mass is 79.9. The molecule has 0 radical (unpaired) electrons. The van der Waals surface area contributed by atoms with Crippen LogP contribution in [0, 0.1) is 16.0 Å². The molecule has 0 bridgehead atoms. The minimum atomic E-state index is -0.331. The lowest BCUT2D eigenvalue weighted by molar-refractivity contribution is -0.385. The molecule has 1 aromatic carbocycles. The van der Waals surface area contributed by atoms with Crippen molar-refractivity contribution in [2.45, 2.75) is 39.7 Å². The zero-order chi connectivity index (χ0) is 14.3. The molecule has 0 aliphatic rings. The third kappa shape index (κ3) is 6.16. The Balaban J connectivity index is 2.40. The van der Waals surface area contributed by atoms with Gasteiger partial charge in [0.1, 0.15) is 0 Å². The molecule has 0 unspecified atom stereocenters. The Bertz CT molecular complexity index is 422. The summed E-state index contributed by atoms with van der Waals surface area (Å²) in [5.41, 5.74) is 0.904. The van der Waals surface area contributed by atoms with Crippen LogP contribution in [0.1, 0.15) is 38.7 Å². The fourth-order valence-electron chi connectivity index (χ4n) is 1.90. The van der Waals surface area contributed by atoms with Gasteiger partial charge in [-0.1, -0.05) is 42.6 Å². The second-order valence-corrected chi connectivity index (χ2v) is 6.01. The van der Waals surface area contributed by atoms with Gasteiger partial charge in [-0.2, -0.15) is 0 Å². The van der Waals surface area contributed by atoms with Gasteiger partial charge >= 0.3 is 0 Å². The number of hydrogen-bond donors (Lipinski definition) is 1. The van der Waals surface area contributed by atoms with E-state index in [1.54, 1.807) is 18.2 Å². The van der Waals surface area contributed by atoms with E-state index in [1.165, 1.54) is 12.8 Å². The van der Waals surface area contributed by atoms with Crippen molar-refractivity contribution in [3.8, 4) is 0 Å². The van der Waals surface area contributed by atoms with Crippen LogP contribution < -0.4 is 5.32 Å². The fraction of sp³-hybridized carbons (Fsp3) is 0.571. The lowest BCUT2D eigenvalue weighted by Gasteiger charge is -2.07. The van der Waals surface area contributed by atoms with Crippen molar-refractivity contribution < 1.29 is 4.92 Å². The Labute approximate surface area is 122 Å². The summed E-state index contributed by atoms with van der Waals surface area (Å²) in [4.78, 5) is 10.6. The van der Waals surface area contributed by atoms with Crippen LogP contribution in [-0.4, -0.2) is 11.5 Å². The van der Waals surface area contributed by atoms with Crippen LogP contribution in [0.3, 0.4) is 0 Å². The van der Waals surface area contributed by atoms with Crippen molar-refractivity contribution in [3.63, 3.8) is 0 Å². The minimum absolute atomic E-state index is 0.179. The predicted molar refractivity (Wildman–Crippen MR) is 81.2 cm³/mol. The van der Waals surface area contributed by atoms with E-state index in [2.05, 4.69) is 35.1 Å². The van der Waals surface area contributed by atoms with E-state index < -0.39 is 0 Å². The summed E-state index contributed by atoms with van der Waals surface area (Å²) in [6, 6.07) is 5.05. The van der Waals surface area contributed by atoms with Crippen molar-refractivity contribution in [3.05, 3.63) is 38.3 Å². The van der Waals surface area contributed by atoms with E-state index in [9.17, 15) is 10.1 Å². The van der Waals surface area contributed by atoms with Gasteiger partial charge in [0.05, 0.1) is 4.92 Å². The number of nitrogens with zero attached hydrogens (tertiary/aromatic N) is 1. The van der Waals surface area contributed by atoms with E-state index in [1.807, 2.05) is 0 Å². The van der Waals surface area contributed by atoms with Crippen molar-refractivity contribution in [2.75, 3.05) is 6.54 Å². The Hall–Kier alpha value is -0.940. The maximum Gasteiger partial charge on any atom is 0.273 e. The molecule has 0 aliphatic carbocycles. The molecule has 0 aromatic heterocycles. The fourth-order valence-corrected chi connectivity index (χ4v) is 2.31. The zero-order valence-electron chi connectivity index (χ0n) is 11.5. The summed E-state index contributed by atoms with van der Waals surface area (Å²) in [5.74, 6) is 0.742. The molecule has 0 fully saturated rings. The first-order valence-electron chi connectivity index (χ1n) is 6.64. The minimum Gasteiger partial charge on any atom is -0.312 e. The van der Waals surface area contributed by atoms with Gasteiger partial charge in [0.15, 0.2) is 0 Å². The molecule has 0 atom stereocenters. The van der Waals surface area contributed by atoms with E-state index in [4.69, 9.17) is 0 Å². The first-order chi connectivity index (χ1) is 9.00. The van der Waals surface area contributed by atoms with Crippen molar-refractivity contribution in [2.24, 2.45) is 5.92 Å². The van der Waals surface area contributed by atoms with E-state index in [0.717, 1.165) is 28.9 Å². The second kappa shape index (κ2) is 8.27. The number of nitro benzene ring substituents is 1. The number of unbranched alkanes of at least 4 members (excludes halogenated alkanes) is 1. The van der Waals surface area contributed by atoms with E-state index in [-0.39, 0.29) is 10.6 Å². The topological polar surface area (TPSA) is 55.2 Å². The van der Waals surface area contributed by atoms with E-state index in [0.29, 0.717) is 6.54 Å². The van der Waals surface area contributed by atoms with Crippen molar-refractivity contribution in [1.82, 2.24) is 5.32 Å². The highest BCUT2D eigenvalue weighted by Gasteiger charge is 2.12. The SMILES string of the molecule is CC(C)CCCCNCc1cc(Br)ccc1[N+](=O)[O-]. The summed E-state index contributed by atoms with van der Waals surface area (Å²) >= 11 is 3.34. The molecule has 5 heteroatoms. The Morgan fingerprint density at radius 1 is 1.37 bits per heavy atom. The molecule has 1 aromatic rings. The number of hydrogen-bond acceptors (Lipinski definition) is 3. The molecule has 4 nitrogen and oxygen atoms in total. The lowest BCUT2D eigenvalue weighted by atomic mass is 10.1. The predicted octanol–water partition coefficient (Wildman–Crippen LogP) is 4.27. The van der Waals surface area contributed by atoms with E-state index >= 15 is 0 Å². The molecule has 1 N–H and O–H groups in total. The monoisotopic (exact) mass is 328 g/mol. The van der Waals surface area contributed by atoms with Crippen molar-refractivity contribution >= 4 is 21.6 Å². The highest BCUT2D eigenvalue weighted by Crippen LogP contribution is 2.22. The number of halogens is 1. The summed E-state index contributed by atoms with van der Waals surface area (Å²) < 4.78 is 0.870. The molecule has 19 heavy (non-hydrogen) atoms. The molecule has 0 saturated heterocycles. The van der Waals surface area contributed by atoms with Crippen LogP contribution in [0.5, 0.6) is 0 Å². The summed E-state index contributed by atoms with van der Waals surface area (Å²) in [5, 5.41) is 14.2. The number of nitro groups is 1. The smallest absolute Gasteiger partial charge is 0.273 e. The molecule has 1 rings (SSSR count). The average molecular weight is 329 g/mol. The van der Waals surface area contributed by atoms with Gasteiger partial charge in [-0.3, -0.25) is 10.1 Å². The molecule has 0 heterocycles. The summed E-state index contributed by atoms with van der Waals surface area (Å²) in [7, 11) is 0. The van der Waals surface area contributed by atoms with Gasteiger partial charge < -0.3 is 5.32 Å². The quantitative estimate of drug-likeness (QED) is 0.440. The molecule has 0 spiro atoms. The normalized spacial score (nSPS) is 10.9. The Kier molecular flexibility index (Phi) is 7.02. The Morgan fingerprint density at radius 2 is 2.11 bits per heavy atom. The zero-order valence-corrected chi connectivity index (χ0v) is 13.1. The molecule has 0 aliphatic heterocycles. The van der Waals surface area contributed by atoms with Crippen molar-refractivity contribution in [1.29, 1.82) is 0 Å². The number of rotatable bonds is 8. The van der Waals surface area contributed by atoms with Gasteiger partial charge in [0, 0.05) is 22.6 Å². The summed E-state index contributed by atoms with van der Waals surface area (Å²) in [6.45, 7) is 5.88. The van der Waals surface area contributed by atoms with Crippen LogP contribution >= 0.6 is 15.9 Å². The number of nitrogens with one attached hydrogen (secondary N) is 1. The van der Waals surface area contributed by atoms with Gasteiger partial charge in [0.2, 0.25) is 0 Å². The molecule has 106 valence electrons. The molecular formula is C14H21BrN2O2. The summed E-state index contributed by atoms with van der Waals surface area (Å²) in [6.07, 6.45) is 3.55. The van der Waals surface area contributed by atoms with Crippen LogP contribution in [0.2, 0.25) is 0 Å². The molecule has 0 saturated carbocycles. The highest BCUT2D eigenvalue weighted by molar-refractivity contribution is 9.10. The van der Waals surface area contributed by atoms with Crippen LogP contribution in [0.25, 0.3) is 0 Å². The molecule has 0 amide bonds. The standard InChI is InChI=1S/C14H21BrN2O2/c1-11(2)5-3-4-8-16-10-12-9-13(15)6-7-14(12)17(18)19/h6-7,9,11,16H,3-5,8,10H2,1-2H3. The van der Waals surface area contributed by atoms with Crippen LogP contribution in [0.4, 0.5) is 5.69 Å². The van der Waals surface area contributed by atoms with Gasteiger partial charge in [-0.05, 0) is 31.0 Å². The Morgan fingerprint density at radius 3 is 2.74 bits per heavy atom. The first-order valence-corrected chi connectivity index (χ1v) is 7.43. The number of benzene rings is 1. The lowest BCUT2D eigenvalue weighted by Crippen LogP contribution is -2.15. The molecular weight excluding hydrogens is 308 g/mol. The van der Waals surface area contributed by atoms with Crippen LogP contribution in [-0.2, 0) is 6.54 Å². The third-order valence-electron chi connectivity index (χ3n) is 2.94. The largest absolute Gasteiger partial charge is 0.312 e. The second-order valence-electron chi connectivity index (χ2n) is 5.10. The average Bonchev–Trinajstić information content (AvgIpc) is 2.33. The van der Waals surface area contributed by atoms with Gasteiger partial charge in [0.25, 0.3) is 5.69 Å². The third-order valence-corrected chi connectivity index (χ3v) is 3.43. The maximum atomic E-state index is 10.9. The van der Waals surface area contributed by atoms with Gasteiger partial charge in [-0.25, -0.2) is 0 Å². The van der Waals surface area contributed by atoms with Crippen LogP contribution in [0.15, 0.2) is 22.7 Å². The van der Waals surface area contributed by atoms with Gasteiger partial charge in [-0.15, -0.1) is 0 Å². The maximum absolute atomic E-state index is 10.9.